The van der Waals surface area contributed by atoms with Gasteiger partial charge in [0.15, 0.2) is 0 Å². The molecule has 0 unspecified atom stereocenters. The van der Waals surface area contributed by atoms with Crippen LogP contribution in [0.4, 0.5) is 5.95 Å². The number of para-hydroxylation sites is 2. The van der Waals surface area contributed by atoms with Crippen LogP contribution in [0.5, 0.6) is 5.75 Å². The molecule has 1 heterocycles. The number of aromatic amines is 1. The van der Waals surface area contributed by atoms with Gasteiger partial charge in [0.2, 0.25) is 5.95 Å². The van der Waals surface area contributed by atoms with Gasteiger partial charge in [0.05, 0.1) is 18.0 Å². The van der Waals surface area contributed by atoms with Crippen LogP contribution in [0.1, 0.15) is 5.56 Å². The van der Waals surface area contributed by atoms with Crippen LogP contribution in [0.15, 0.2) is 53.3 Å². The monoisotopic (exact) mass is 309 g/mol. The number of methoxy groups -OCH3 is 1. The van der Waals surface area contributed by atoms with Crippen LogP contribution in [0.3, 0.4) is 0 Å². The van der Waals surface area contributed by atoms with E-state index in [0.717, 1.165) is 24.3 Å². The number of benzene rings is 2. The Morgan fingerprint density at radius 2 is 1.87 bits per heavy atom. The van der Waals surface area contributed by atoms with Gasteiger partial charge in [-0.15, -0.1) is 0 Å². The van der Waals surface area contributed by atoms with E-state index in [1.165, 1.54) is 0 Å². The molecule has 1 aromatic heterocycles. The zero-order valence-electron chi connectivity index (χ0n) is 13.2. The van der Waals surface area contributed by atoms with Gasteiger partial charge in [0.1, 0.15) is 5.75 Å². The molecule has 2 aromatic carbocycles. The van der Waals surface area contributed by atoms with E-state index in [2.05, 4.69) is 9.97 Å². The van der Waals surface area contributed by atoms with Crippen molar-refractivity contribution in [3.05, 3.63) is 64.4 Å². The second-order valence-electron chi connectivity index (χ2n) is 5.39. The van der Waals surface area contributed by atoms with Crippen molar-refractivity contribution in [2.45, 2.75) is 6.42 Å². The molecule has 1 N–H and O–H groups in total. The largest absolute Gasteiger partial charge is 0.496 e. The minimum Gasteiger partial charge on any atom is -0.496 e. The Morgan fingerprint density at radius 3 is 2.70 bits per heavy atom. The highest BCUT2D eigenvalue weighted by molar-refractivity contribution is 5.78. The maximum Gasteiger partial charge on any atom is 0.260 e. The maximum atomic E-state index is 12.1. The molecular formula is C18H19N3O2. The Bertz CT molecular complexity index is 873. The summed E-state index contributed by atoms with van der Waals surface area (Å²) in [6.07, 6.45) is 0.803. The zero-order chi connectivity index (χ0) is 16.2. The molecule has 3 rings (SSSR count). The van der Waals surface area contributed by atoms with Crippen molar-refractivity contribution < 1.29 is 4.74 Å². The zero-order valence-corrected chi connectivity index (χ0v) is 13.2. The molecule has 0 saturated carbocycles. The van der Waals surface area contributed by atoms with E-state index in [4.69, 9.17) is 4.74 Å². The molecule has 0 fully saturated rings. The predicted molar refractivity (Wildman–Crippen MR) is 92.3 cm³/mol. The van der Waals surface area contributed by atoms with Crippen LogP contribution in [0, 0.1) is 0 Å². The van der Waals surface area contributed by atoms with E-state index in [9.17, 15) is 4.79 Å². The number of nitrogens with zero attached hydrogens (tertiary/aromatic N) is 2. The highest BCUT2D eigenvalue weighted by atomic mass is 16.5. The molecule has 0 aliphatic carbocycles. The van der Waals surface area contributed by atoms with Crippen LogP contribution in [-0.4, -0.2) is 30.7 Å². The fourth-order valence-corrected chi connectivity index (χ4v) is 2.56. The average Bonchev–Trinajstić information content (AvgIpc) is 2.59. The lowest BCUT2D eigenvalue weighted by atomic mass is 10.1. The number of aromatic nitrogens is 2. The number of H-pyrrole nitrogens is 1. The van der Waals surface area contributed by atoms with Gasteiger partial charge in [-0.25, -0.2) is 4.98 Å². The standard InChI is InChI=1S/C18H19N3O2/c1-21(12-11-13-7-3-6-10-16(13)23-2)18-19-15-9-5-4-8-14(15)17(22)20-18/h3-10H,11-12H2,1-2H3,(H,19,20,22). The van der Waals surface area contributed by atoms with E-state index >= 15 is 0 Å². The molecule has 5 nitrogen and oxygen atoms in total. The molecule has 0 atom stereocenters. The van der Waals surface area contributed by atoms with Crippen LogP contribution < -0.4 is 15.2 Å². The summed E-state index contributed by atoms with van der Waals surface area (Å²) < 4.78 is 5.37. The maximum absolute atomic E-state index is 12.1. The average molecular weight is 309 g/mol. The Morgan fingerprint density at radius 1 is 1.13 bits per heavy atom. The van der Waals surface area contributed by atoms with Crippen LogP contribution in [0.25, 0.3) is 10.9 Å². The number of likely N-dealkylation sites (N-methyl/N-ethyl adjacent to an activating group) is 1. The minimum absolute atomic E-state index is 0.116. The highest BCUT2D eigenvalue weighted by Crippen LogP contribution is 2.18. The van der Waals surface area contributed by atoms with Crippen molar-refractivity contribution in [3.63, 3.8) is 0 Å². The SMILES string of the molecule is COc1ccccc1CCN(C)c1nc2ccccc2c(=O)[nH]1. The third kappa shape index (κ3) is 3.18. The van der Waals surface area contributed by atoms with Crippen molar-refractivity contribution in [1.82, 2.24) is 9.97 Å². The summed E-state index contributed by atoms with van der Waals surface area (Å²) in [4.78, 5) is 21.5. The first-order chi connectivity index (χ1) is 11.2. The van der Waals surface area contributed by atoms with Crippen LogP contribution in [0.2, 0.25) is 0 Å². The molecule has 0 aliphatic heterocycles. The van der Waals surface area contributed by atoms with E-state index in [1.54, 1.807) is 13.2 Å². The lowest BCUT2D eigenvalue weighted by Gasteiger charge is -2.18. The predicted octanol–water partition coefficient (Wildman–Crippen LogP) is 2.61. The number of ether oxygens (including phenoxy) is 1. The second-order valence-corrected chi connectivity index (χ2v) is 5.39. The molecular weight excluding hydrogens is 290 g/mol. The van der Waals surface area contributed by atoms with Gasteiger partial charge in [-0.2, -0.15) is 0 Å². The van der Waals surface area contributed by atoms with Gasteiger partial charge < -0.3 is 9.64 Å². The fraction of sp³-hybridized carbons (Fsp3) is 0.222. The first-order valence-electron chi connectivity index (χ1n) is 7.51. The summed E-state index contributed by atoms with van der Waals surface area (Å²) in [6.45, 7) is 0.724. The Hall–Kier alpha value is -2.82. The summed E-state index contributed by atoms with van der Waals surface area (Å²) in [6, 6.07) is 15.3. The minimum atomic E-state index is -0.116. The van der Waals surface area contributed by atoms with Gasteiger partial charge in [-0.1, -0.05) is 30.3 Å². The normalized spacial score (nSPS) is 10.7. The lowest BCUT2D eigenvalue weighted by Crippen LogP contribution is -2.25. The summed E-state index contributed by atoms with van der Waals surface area (Å²) >= 11 is 0. The molecule has 23 heavy (non-hydrogen) atoms. The third-order valence-electron chi connectivity index (χ3n) is 3.87. The summed E-state index contributed by atoms with van der Waals surface area (Å²) in [5.41, 5.74) is 1.72. The van der Waals surface area contributed by atoms with E-state index < -0.39 is 0 Å². The summed E-state index contributed by atoms with van der Waals surface area (Å²) in [7, 11) is 3.59. The summed E-state index contributed by atoms with van der Waals surface area (Å²) in [5, 5.41) is 0.606. The molecule has 0 amide bonds. The van der Waals surface area contributed by atoms with Crippen LogP contribution >= 0.6 is 0 Å². The van der Waals surface area contributed by atoms with E-state index in [-0.39, 0.29) is 5.56 Å². The number of rotatable bonds is 5. The smallest absolute Gasteiger partial charge is 0.260 e. The molecule has 0 radical (unpaired) electrons. The quantitative estimate of drug-likeness (QED) is 0.787. The first kappa shape index (κ1) is 15.1. The molecule has 118 valence electrons. The molecule has 0 aliphatic rings. The lowest BCUT2D eigenvalue weighted by molar-refractivity contribution is 0.409. The van der Waals surface area contributed by atoms with Gasteiger partial charge in [0, 0.05) is 13.6 Å². The van der Waals surface area contributed by atoms with Gasteiger partial charge in [-0.05, 0) is 30.2 Å². The van der Waals surface area contributed by atoms with Gasteiger partial charge >= 0.3 is 0 Å². The van der Waals surface area contributed by atoms with Crippen molar-refractivity contribution in [2.75, 3.05) is 25.6 Å². The van der Waals surface area contributed by atoms with Crippen molar-refractivity contribution in [3.8, 4) is 5.75 Å². The molecule has 0 bridgehead atoms. The summed E-state index contributed by atoms with van der Waals surface area (Å²) in [5.74, 6) is 1.45. The Kier molecular flexibility index (Phi) is 4.28. The Balaban J connectivity index is 1.81. The van der Waals surface area contributed by atoms with Crippen LogP contribution in [-0.2, 0) is 6.42 Å². The number of nitrogens with one attached hydrogen (secondary N) is 1. The molecule has 5 heteroatoms. The third-order valence-corrected chi connectivity index (χ3v) is 3.87. The first-order valence-corrected chi connectivity index (χ1v) is 7.51. The number of hydrogen-bond acceptors (Lipinski definition) is 4. The van der Waals surface area contributed by atoms with Gasteiger partial charge in [-0.3, -0.25) is 9.78 Å². The fourth-order valence-electron chi connectivity index (χ4n) is 2.56. The molecule has 0 saturated heterocycles. The van der Waals surface area contributed by atoms with Crippen molar-refractivity contribution in [2.24, 2.45) is 0 Å². The highest BCUT2D eigenvalue weighted by Gasteiger charge is 2.09. The number of anilines is 1. The van der Waals surface area contributed by atoms with Crippen molar-refractivity contribution in [1.29, 1.82) is 0 Å². The molecule has 0 spiro atoms. The second kappa shape index (κ2) is 6.52. The van der Waals surface area contributed by atoms with E-state index in [0.29, 0.717) is 16.9 Å². The molecule has 3 aromatic rings. The topological polar surface area (TPSA) is 58.2 Å². The number of fused-ring (bicyclic) bond motifs is 1. The van der Waals surface area contributed by atoms with Gasteiger partial charge in [0.25, 0.3) is 5.56 Å². The Labute approximate surface area is 134 Å². The van der Waals surface area contributed by atoms with E-state index in [1.807, 2.05) is 54.4 Å². The number of hydrogen-bond donors (Lipinski definition) is 1. The van der Waals surface area contributed by atoms with Crippen molar-refractivity contribution >= 4 is 16.9 Å².